The Morgan fingerprint density at radius 1 is 1.30 bits per heavy atom. The molecule has 2 aliphatic rings. The number of hydrogen-bond acceptors (Lipinski definition) is 5. The number of fused-ring (bicyclic) bond motifs is 1. The Hall–Kier alpha value is -2.28. The molecule has 2 aromatic rings. The number of piperidine rings is 1. The maximum atomic E-state index is 13.1. The lowest BCUT2D eigenvalue weighted by Gasteiger charge is -2.35. The average molecular weight is 368 g/mol. The molecule has 4 rings (SSSR count). The second-order valence-electron chi connectivity index (χ2n) is 8.06. The monoisotopic (exact) mass is 368 g/mol. The lowest BCUT2D eigenvalue weighted by Crippen LogP contribution is -2.40. The third-order valence-corrected chi connectivity index (χ3v) is 5.64. The third-order valence-electron chi connectivity index (χ3n) is 5.64. The van der Waals surface area contributed by atoms with Crippen LogP contribution in [0.4, 0.5) is 0 Å². The quantitative estimate of drug-likeness (QED) is 0.901. The first-order valence-electron chi connectivity index (χ1n) is 9.92. The maximum Gasteiger partial charge on any atom is 0.274 e. The summed E-state index contributed by atoms with van der Waals surface area (Å²) < 4.78 is 0. The van der Waals surface area contributed by atoms with Gasteiger partial charge in [0, 0.05) is 49.2 Å². The van der Waals surface area contributed by atoms with Crippen molar-refractivity contribution >= 4 is 5.91 Å². The lowest BCUT2D eigenvalue weighted by molar-refractivity contribution is 0.0593. The number of carbonyl (C=O) groups is 1. The number of carbonyl (C=O) groups excluding carboxylic acids is 1. The second kappa shape index (κ2) is 7.38. The molecule has 7 nitrogen and oxygen atoms in total. The molecule has 2 aliphatic heterocycles. The minimum absolute atomic E-state index is 0.0242. The van der Waals surface area contributed by atoms with Gasteiger partial charge in [0.1, 0.15) is 5.69 Å². The molecule has 0 saturated carbocycles. The molecule has 0 aliphatic carbocycles. The van der Waals surface area contributed by atoms with Gasteiger partial charge >= 0.3 is 0 Å². The van der Waals surface area contributed by atoms with E-state index in [0.29, 0.717) is 11.6 Å². The van der Waals surface area contributed by atoms with Crippen LogP contribution in [-0.4, -0.2) is 56.0 Å². The Kier molecular flexibility index (Phi) is 4.95. The summed E-state index contributed by atoms with van der Waals surface area (Å²) in [5.41, 5.74) is 3.82. The van der Waals surface area contributed by atoms with E-state index in [0.717, 1.165) is 62.5 Å². The zero-order valence-corrected chi connectivity index (χ0v) is 16.4. The molecule has 2 aromatic heterocycles. The second-order valence-corrected chi connectivity index (χ2v) is 8.06. The van der Waals surface area contributed by atoms with Crippen molar-refractivity contribution in [3.8, 4) is 0 Å². The van der Waals surface area contributed by atoms with Crippen molar-refractivity contribution in [3.05, 3.63) is 40.7 Å². The van der Waals surface area contributed by atoms with Crippen molar-refractivity contribution in [1.29, 1.82) is 0 Å². The maximum absolute atomic E-state index is 13.1. The fourth-order valence-corrected chi connectivity index (χ4v) is 3.97. The normalized spacial score (nSPS) is 20.7. The first-order valence-corrected chi connectivity index (χ1v) is 9.92. The molecule has 0 unspecified atom stereocenters. The van der Waals surface area contributed by atoms with Crippen LogP contribution in [0.3, 0.4) is 0 Å². The summed E-state index contributed by atoms with van der Waals surface area (Å²) in [5.74, 6) is 1.08. The number of likely N-dealkylation sites (tertiary alicyclic amines) is 1. The predicted molar refractivity (Wildman–Crippen MR) is 102 cm³/mol. The summed E-state index contributed by atoms with van der Waals surface area (Å²) in [6, 6.07) is 1.82. The standard InChI is InChI=1S/C20H28N6O/c1-13(2)16-10-17(24-23-16)20(27)26-8-5-4-6-18(26)19-21-11-14-12-25(3)9-7-15(14)22-19/h10-11,13,18H,4-9,12H2,1-3H3,(H,23,24)/t18-/m0/s1. The van der Waals surface area contributed by atoms with E-state index in [-0.39, 0.29) is 11.9 Å². The van der Waals surface area contributed by atoms with Gasteiger partial charge in [-0.2, -0.15) is 5.10 Å². The van der Waals surface area contributed by atoms with Gasteiger partial charge in [0.25, 0.3) is 5.91 Å². The van der Waals surface area contributed by atoms with Gasteiger partial charge in [-0.1, -0.05) is 13.8 Å². The number of rotatable bonds is 3. The fraction of sp³-hybridized carbons (Fsp3) is 0.600. The zero-order chi connectivity index (χ0) is 19.0. The van der Waals surface area contributed by atoms with E-state index in [1.54, 1.807) is 0 Å². The van der Waals surface area contributed by atoms with Crippen molar-refractivity contribution in [2.75, 3.05) is 20.1 Å². The highest BCUT2D eigenvalue weighted by Gasteiger charge is 2.32. The van der Waals surface area contributed by atoms with Crippen molar-refractivity contribution in [3.63, 3.8) is 0 Å². The largest absolute Gasteiger partial charge is 0.327 e. The van der Waals surface area contributed by atoms with E-state index in [4.69, 9.17) is 4.98 Å². The van der Waals surface area contributed by atoms with Crippen LogP contribution < -0.4 is 0 Å². The van der Waals surface area contributed by atoms with Gasteiger partial charge < -0.3 is 9.80 Å². The molecule has 0 spiro atoms. The Labute approximate surface area is 160 Å². The number of hydrogen-bond donors (Lipinski definition) is 1. The van der Waals surface area contributed by atoms with Crippen molar-refractivity contribution in [2.24, 2.45) is 0 Å². The lowest BCUT2D eigenvalue weighted by atomic mass is 9.99. The third kappa shape index (κ3) is 3.60. The van der Waals surface area contributed by atoms with Crippen LogP contribution in [0.2, 0.25) is 0 Å². The van der Waals surface area contributed by atoms with Gasteiger partial charge in [-0.25, -0.2) is 9.97 Å². The van der Waals surface area contributed by atoms with Gasteiger partial charge in [-0.15, -0.1) is 0 Å². The minimum atomic E-state index is -0.0598. The molecule has 4 heterocycles. The van der Waals surface area contributed by atoms with E-state index < -0.39 is 0 Å². The summed E-state index contributed by atoms with van der Waals surface area (Å²) in [6.45, 7) is 6.82. The summed E-state index contributed by atoms with van der Waals surface area (Å²) in [4.78, 5) is 26.9. The van der Waals surface area contributed by atoms with E-state index in [1.165, 1.54) is 5.56 Å². The summed E-state index contributed by atoms with van der Waals surface area (Å²) in [5, 5.41) is 7.25. The highest BCUT2D eigenvalue weighted by Crippen LogP contribution is 2.31. The molecule has 1 fully saturated rings. The number of likely N-dealkylation sites (N-methyl/N-ethyl adjacent to an activating group) is 1. The summed E-state index contributed by atoms with van der Waals surface area (Å²) >= 11 is 0. The average Bonchev–Trinajstić information content (AvgIpc) is 3.17. The van der Waals surface area contributed by atoms with Gasteiger partial charge in [0.2, 0.25) is 0 Å². The van der Waals surface area contributed by atoms with E-state index in [9.17, 15) is 4.79 Å². The molecule has 27 heavy (non-hydrogen) atoms. The number of nitrogens with zero attached hydrogens (tertiary/aromatic N) is 5. The number of nitrogens with one attached hydrogen (secondary N) is 1. The first-order chi connectivity index (χ1) is 13.0. The molecule has 0 aromatic carbocycles. The molecule has 0 radical (unpaired) electrons. The number of H-pyrrole nitrogens is 1. The van der Waals surface area contributed by atoms with E-state index >= 15 is 0 Å². The van der Waals surface area contributed by atoms with Crippen LogP contribution in [0.15, 0.2) is 12.3 Å². The summed E-state index contributed by atoms with van der Waals surface area (Å²) in [7, 11) is 2.12. The van der Waals surface area contributed by atoms with Crippen LogP contribution in [0.1, 0.15) is 78.3 Å². The van der Waals surface area contributed by atoms with Gasteiger partial charge in [0.15, 0.2) is 5.82 Å². The van der Waals surface area contributed by atoms with Crippen LogP contribution >= 0.6 is 0 Å². The van der Waals surface area contributed by atoms with Crippen LogP contribution in [0.25, 0.3) is 0 Å². The topological polar surface area (TPSA) is 78.0 Å². The summed E-state index contributed by atoms with van der Waals surface area (Å²) in [6.07, 6.45) is 5.91. The number of aromatic amines is 1. The Morgan fingerprint density at radius 3 is 2.93 bits per heavy atom. The molecular weight excluding hydrogens is 340 g/mol. The first kappa shape index (κ1) is 18.1. The Morgan fingerprint density at radius 2 is 2.15 bits per heavy atom. The van der Waals surface area contributed by atoms with Gasteiger partial charge in [-0.3, -0.25) is 9.89 Å². The molecule has 7 heteroatoms. The fourth-order valence-electron chi connectivity index (χ4n) is 3.97. The van der Waals surface area contributed by atoms with Crippen LogP contribution in [0, 0.1) is 0 Å². The molecule has 0 bridgehead atoms. The molecule has 1 N–H and O–H groups in total. The van der Waals surface area contributed by atoms with E-state index in [1.807, 2.05) is 17.2 Å². The molecular formula is C20H28N6O. The van der Waals surface area contributed by atoms with E-state index in [2.05, 4.69) is 41.0 Å². The Balaban J connectivity index is 1.60. The van der Waals surface area contributed by atoms with Gasteiger partial charge in [0.05, 0.1) is 6.04 Å². The predicted octanol–water partition coefficient (Wildman–Crippen LogP) is 2.68. The number of amides is 1. The van der Waals surface area contributed by atoms with Crippen molar-refractivity contribution < 1.29 is 4.79 Å². The van der Waals surface area contributed by atoms with Crippen molar-refractivity contribution in [2.45, 2.75) is 58.0 Å². The molecule has 144 valence electrons. The van der Waals surface area contributed by atoms with Crippen LogP contribution in [-0.2, 0) is 13.0 Å². The zero-order valence-electron chi connectivity index (χ0n) is 16.4. The highest BCUT2D eigenvalue weighted by atomic mass is 16.2. The highest BCUT2D eigenvalue weighted by molar-refractivity contribution is 5.92. The smallest absolute Gasteiger partial charge is 0.274 e. The molecule has 1 amide bonds. The van der Waals surface area contributed by atoms with Crippen molar-refractivity contribution in [1.82, 2.24) is 30.0 Å². The van der Waals surface area contributed by atoms with Gasteiger partial charge in [-0.05, 0) is 38.3 Å². The number of aromatic nitrogens is 4. The Bertz CT molecular complexity index is 830. The molecule has 1 saturated heterocycles. The molecule has 1 atom stereocenters. The minimum Gasteiger partial charge on any atom is -0.327 e. The van der Waals surface area contributed by atoms with Crippen LogP contribution in [0.5, 0.6) is 0 Å². The SMILES string of the molecule is CC(C)c1cc(C(=O)N2CCCC[C@H]2c2ncc3c(n2)CCN(C)C3)n[nH]1.